The first-order valence-electron chi connectivity index (χ1n) is 8.21. The van der Waals surface area contributed by atoms with Crippen LogP contribution in [0.5, 0.6) is 5.75 Å². The minimum Gasteiger partial charge on any atom is -0.497 e. The first-order valence-corrected chi connectivity index (χ1v) is 8.21. The van der Waals surface area contributed by atoms with Crippen molar-refractivity contribution in [1.29, 1.82) is 0 Å². The molecule has 2 amide bonds. The number of hydrogen-bond donors (Lipinski definition) is 3. The van der Waals surface area contributed by atoms with Gasteiger partial charge in [0.05, 0.1) is 19.3 Å². The molecule has 0 saturated carbocycles. The van der Waals surface area contributed by atoms with Gasteiger partial charge >= 0.3 is 5.97 Å². The largest absolute Gasteiger partial charge is 0.497 e. The molecule has 0 bridgehead atoms. The van der Waals surface area contributed by atoms with Crippen LogP contribution in [0.25, 0.3) is 0 Å². The molecule has 1 aromatic rings. The second-order valence-electron chi connectivity index (χ2n) is 6.62. The zero-order valence-corrected chi connectivity index (χ0v) is 15.5. The van der Waals surface area contributed by atoms with E-state index in [1.54, 1.807) is 18.2 Å². The molecule has 0 aliphatic heterocycles. The Morgan fingerprint density at radius 1 is 1.23 bits per heavy atom. The maximum atomic E-state index is 12.0. The fourth-order valence-electron chi connectivity index (χ4n) is 2.01. The lowest BCUT2D eigenvalue weighted by atomic mass is 10.1. The molecule has 1 unspecified atom stereocenters. The number of aliphatic carboxylic acids is 1. The van der Waals surface area contributed by atoms with Crippen LogP contribution in [0.2, 0.25) is 0 Å². The molecule has 0 aliphatic rings. The molecule has 3 N–H and O–H groups in total. The lowest BCUT2D eigenvalue weighted by molar-refractivity contribution is -0.142. The summed E-state index contributed by atoms with van der Waals surface area (Å²) in [5, 5.41) is 14.0. The summed E-state index contributed by atoms with van der Waals surface area (Å²) in [6, 6.07) is 5.39. The highest BCUT2D eigenvalue weighted by Crippen LogP contribution is 2.12. The fraction of sp³-hybridized carbons (Fsp3) is 0.500. The Balaban J connectivity index is 2.49. The van der Waals surface area contributed by atoms with Gasteiger partial charge in [-0.15, -0.1) is 0 Å². The number of benzene rings is 1. The molecule has 0 aromatic heterocycles. The molecule has 0 heterocycles. The molecule has 144 valence electrons. The van der Waals surface area contributed by atoms with Crippen LogP contribution in [0.1, 0.15) is 37.6 Å². The number of ether oxygens (including phenoxy) is 2. The van der Waals surface area contributed by atoms with Crippen molar-refractivity contribution in [3.63, 3.8) is 0 Å². The zero-order chi connectivity index (χ0) is 19.7. The normalized spacial score (nSPS) is 12.2. The summed E-state index contributed by atoms with van der Waals surface area (Å²) in [6.45, 7) is 5.43. The van der Waals surface area contributed by atoms with Gasteiger partial charge < -0.3 is 25.2 Å². The zero-order valence-electron chi connectivity index (χ0n) is 15.5. The molecule has 0 aliphatic carbocycles. The highest BCUT2D eigenvalue weighted by atomic mass is 16.5. The molecule has 1 aromatic carbocycles. The van der Waals surface area contributed by atoms with E-state index < -0.39 is 29.4 Å². The van der Waals surface area contributed by atoms with E-state index in [0.717, 1.165) is 0 Å². The van der Waals surface area contributed by atoms with Gasteiger partial charge in [0.1, 0.15) is 11.8 Å². The van der Waals surface area contributed by atoms with Crippen LogP contribution in [0.3, 0.4) is 0 Å². The van der Waals surface area contributed by atoms with Gasteiger partial charge in [0, 0.05) is 18.6 Å². The number of carbonyl (C=O) groups is 3. The highest BCUT2D eigenvalue weighted by Gasteiger charge is 2.21. The van der Waals surface area contributed by atoms with E-state index in [9.17, 15) is 19.5 Å². The van der Waals surface area contributed by atoms with E-state index in [-0.39, 0.29) is 19.6 Å². The van der Waals surface area contributed by atoms with Crippen LogP contribution in [0.15, 0.2) is 24.3 Å². The van der Waals surface area contributed by atoms with Crippen molar-refractivity contribution >= 4 is 17.8 Å². The summed E-state index contributed by atoms with van der Waals surface area (Å²) >= 11 is 0. The number of carboxylic acids is 1. The maximum absolute atomic E-state index is 12.0. The van der Waals surface area contributed by atoms with E-state index in [2.05, 4.69) is 10.6 Å². The van der Waals surface area contributed by atoms with E-state index in [4.69, 9.17) is 9.47 Å². The monoisotopic (exact) mass is 366 g/mol. The molecule has 0 radical (unpaired) electrons. The quantitative estimate of drug-likeness (QED) is 0.605. The van der Waals surface area contributed by atoms with E-state index >= 15 is 0 Å². The van der Waals surface area contributed by atoms with Crippen molar-refractivity contribution in [3.05, 3.63) is 29.8 Å². The summed E-state index contributed by atoms with van der Waals surface area (Å²) in [6.07, 6.45) is 0.127. The molecule has 26 heavy (non-hydrogen) atoms. The minimum absolute atomic E-state index is 0.127. The molecular weight excluding hydrogens is 340 g/mol. The standard InChI is InChI=1S/C18H26N2O6/c1-18(2,3)26-9-8-14(17(23)24)20-15(21)11-19-16(22)12-6-5-7-13(10-12)25-4/h5-7,10,14H,8-9,11H2,1-4H3,(H,19,22)(H,20,21)(H,23,24). The van der Waals surface area contributed by atoms with Crippen molar-refractivity contribution in [2.45, 2.75) is 38.8 Å². The van der Waals surface area contributed by atoms with Crippen LogP contribution >= 0.6 is 0 Å². The fourth-order valence-corrected chi connectivity index (χ4v) is 2.01. The third-order valence-electron chi connectivity index (χ3n) is 3.32. The second-order valence-corrected chi connectivity index (χ2v) is 6.62. The van der Waals surface area contributed by atoms with Crippen LogP contribution < -0.4 is 15.4 Å². The Morgan fingerprint density at radius 3 is 2.50 bits per heavy atom. The summed E-state index contributed by atoms with van der Waals surface area (Å²) in [5.74, 6) is -1.69. The molecule has 8 heteroatoms. The van der Waals surface area contributed by atoms with Crippen molar-refractivity contribution in [3.8, 4) is 5.75 Å². The third kappa shape index (κ3) is 7.98. The lowest BCUT2D eigenvalue weighted by Crippen LogP contribution is -2.46. The van der Waals surface area contributed by atoms with E-state index in [1.165, 1.54) is 13.2 Å². The number of methoxy groups -OCH3 is 1. The maximum Gasteiger partial charge on any atom is 0.326 e. The summed E-state index contributed by atoms with van der Waals surface area (Å²) < 4.78 is 10.5. The number of rotatable bonds is 9. The summed E-state index contributed by atoms with van der Waals surface area (Å²) in [4.78, 5) is 35.2. The summed E-state index contributed by atoms with van der Waals surface area (Å²) in [5.41, 5.74) is -0.0527. The van der Waals surface area contributed by atoms with Gasteiger partial charge in [-0.3, -0.25) is 9.59 Å². The van der Waals surface area contributed by atoms with Gasteiger partial charge in [-0.25, -0.2) is 4.79 Å². The predicted molar refractivity (Wildman–Crippen MR) is 95.2 cm³/mol. The number of carbonyl (C=O) groups excluding carboxylic acids is 2. The van der Waals surface area contributed by atoms with Crippen LogP contribution in [-0.2, 0) is 14.3 Å². The van der Waals surface area contributed by atoms with Crippen molar-refractivity contribution in [1.82, 2.24) is 10.6 Å². The van der Waals surface area contributed by atoms with Crippen molar-refractivity contribution < 1.29 is 29.0 Å². The Kier molecular flexibility index (Phi) is 8.05. The molecular formula is C18H26N2O6. The molecule has 1 rings (SSSR count). The first-order chi connectivity index (χ1) is 12.1. The third-order valence-corrected chi connectivity index (χ3v) is 3.32. The van der Waals surface area contributed by atoms with Crippen molar-refractivity contribution in [2.75, 3.05) is 20.3 Å². The molecule has 1 atom stereocenters. The summed E-state index contributed by atoms with van der Waals surface area (Å²) in [7, 11) is 1.49. The van der Waals surface area contributed by atoms with Gasteiger partial charge in [-0.05, 0) is 39.0 Å². The Hall–Kier alpha value is -2.61. The average Bonchev–Trinajstić information content (AvgIpc) is 2.57. The Bertz CT molecular complexity index is 639. The lowest BCUT2D eigenvalue weighted by Gasteiger charge is -2.21. The second kappa shape index (κ2) is 9.76. The number of nitrogens with one attached hydrogen (secondary N) is 2. The van der Waals surface area contributed by atoms with Crippen LogP contribution in [0.4, 0.5) is 0 Å². The predicted octanol–water partition coefficient (Wildman–Crippen LogP) is 1.20. The van der Waals surface area contributed by atoms with Crippen LogP contribution in [-0.4, -0.2) is 54.8 Å². The number of hydrogen-bond acceptors (Lipinski definition) is 5. The van der Waals surface area contributed by atoms with Crippen molar-refractivity contribution in [2.24, 2.45) is 0 Å². The van der Waals surface area contributed by atoms with Gasteiger partial charge in [0.25, 0.3) is 5.91 Å². The molecule has 0 saturated heterocycles. The van der Waals surface area contributed by atoms with Gasteiger partial charge in [0.15, 0.2) is 0 Å². The Labute approximate surface area is 152 Å². The van der Waals surface area contributed by atoms with E-state index in [0.29, 0.717) is 11.3 Å². The number of carboxylic acid groups (broad SMARTS) is 1. The van der Waals surface area contributed by atoms with Gasteiger partial charge in [-0.2, -0.15) is 0 Å². The smallest absolute Gasteiger partial charge is 0.326 e. The Morgan fingerprint density at radius 2 is 1.92 bits per heavy atom. The molecule has 0 fully saturated rings. The van der Waals surface area contributed by atoms with Gasteiger partial charge in [0.2, 0.25) is 5.91 Å². The molecule has 0 spiro atoms. The minimum atomic E-state index is -1.16. The van der Waals surface area contributed by atoms with Gasteiger partial charge in [-0.1, -0.05) is 6.07 Å². The molecule has 8 nitrogen and oxygen atoms in total. The van der Waals surface area contributed by atoms with E-state index in [1.807, 2.05) is 20.8 Å². The average molecular weight is 366 g/mol. The first kappa shape index (κ1) is 21.4. The van der Waals surface area contributed by atoms with Crippen LogP contribution in [0, 0.1) is 0 Å². The highest BCUT2D eigenvalue weighted by molar-refractivity contribution is 5.97. The number of amides is 2. The SMILES string of the molecule is COc1cccc(C(=O)NCC(=O)NC(CCOC(C)(C)C)C(=O)O)c1. The topological polar surface area (TPSA) is 114 Å².